The van der Waals surface area contributed by atoms with Crippen LogP contribution in [0.3, 0.4) is 0 Å². The summed E-state index contributed by atoms with van der Waals surface area (Å²) in [6.07, 6.45) is 7.17. The van der Waals surface area contributed by atoms with Gasteiger partial charge in [-0.15, -0.1) is 0 Å². The van der Waals surface area contributed by atoms with Crippen molar-refractivity contribution in [3.8, 4) is 0 Å². The smallest absolute Gasteiger partial charge is 0.242 e. The van der Waals surface area contributed by atoms with Gasteiger partial charge in [0, 0.05) is 31.5 Å². The van der Waals surface area contributed by atoms with Crippen LogP contribution in [0.25, 0.3) is 0 Å². The molecule has 0 aliphatic carbocycles. The first kappa shape index (κ1) is 14.1. The molecule has 1 amide bonds. The number of imidazole rings is 1. The van der Waals surface area contributed by atoms with Gasteiger partial charge in [0.15, 0.2) is 0 Å². The Morgan fingerprint density at radius 2 is 2.11 bits per heavy atom. The monoisotopic (exact) mass is 264 g/mol. The fraction of sp³-hybridized carbons (Fsp3) is 0.714. The van der Waals surface area contributed by atoms with Crippen molar-refractivity contribution in [3.05, 3.63) is 18.2 Å². The molecule has 0 spiro atoms. The van der Waals surface area contributed by atoms with Gasteiger partial charge in [-0.25, -0.2) is 4.98 Å². The zero-order valence-corrected chi connectivity index (χ0v) is 11.9. The van der Waals surface area contributed by atoms with E-state index in [1.54, 1.807) is 6.20 Å². The molecular weight excluding hydrogens is 240 g/mol. The van der Waals surface area contributed by atoms with Crippen molar-refractivity contribution in [2.45, 2.75) is 52.2 Å². The zero-order valence-electron chi connectivity index (χ0n) is 11.9. The summed E-state index contributed by atoms with van der Waals surface area (Å²) in [5, 5.41) is 3.33. The van der Waals surface area contributed by atoms with E-state index in [1.807, 2.05) is 15.7 Å². The van der Waals surface area contributed by atoms with E-state index in [1.165, 1.54) is 6.42 Å². The standard InChI is InChI=1S/C14H24N4O/c1-12(2)16-10-13-15-6-9-18(13)11-14(19)17-7-4-3-5-8-17/h6,9,12,16H,3-5,7-8,10-11H2,1-2H3. The summed E-state index contributed by atoms with van der Waals surface area (Å²) in [4.78, 5) is 18.5. The Labute approximate surface area is 115 Å². The zero-order chi connectivity index (χ0) is 13.7. The first-order valence-corrected chi connectivity index (χ1v) is 7.18. The third-order valence-electron chi connectivity index (χ3n) is 3.48. The van der Waals surface area contributed by atoms with Crippen LogP contribution in [0.1, 0.15) is 38.9 Å². The van der Waals surface area contributed by atoms with Gasteiger partial charge in [0.25, 0.3) is 0 Å². The predicted molar refractivity (Wildman–Crippen MR) is 74.6 cm³/mol. The summed E-state index contributed by atoms with van der Waals surface area (Å²) < 4.78 is 1.95. The van der Waals surface area contributed by atoms with Gasteiger partial charge in [-0.05, 0) is 19.3 Å². The Balaban J connectivity index is 1.91. The number of piperidine rings is 1. The molecule has 0 bridgehead atoms. The molecule has 1 aromatic heterocycles. The lowest BCUT2D eigenvalue weighted by atomic mass is 10.1. The summed E-state index contributed by atoms with van der Waals surface area (Å²) in [5.74, 6) is 1.14. The van der Waals surface area contributed by atoms with Crippen LogP contribution < -0.4 is 5.32 Å². The van der Waals surface area contributed by atoms with E-state index in [9.17, 15) is 4.79 Å². The first-order chi connectivity index (χ1) is 9.16. The van der Waals surface area contributed by atoms with Gasteiger partial charge in [0.05, 0.1) is 6.54 Å². The first-order valence-electron chi connectivity index (χ1n) is 7.18. The Kier molecular flexibility index (Phi) is 4.96. The Hall–Kier alpha value is -1.36. The highest BCUT2D eigenvalue weighted by Crippen LogP contribution is 2.10. The fourth-order valence-corrected chi connectivity index (χ4v) is 2.34. The van der Waals surface area contributed by atoms with E-state index < -0.39 is 0 Å². The minimum atomic E-state index is 0.212. The second kappa shape index (κ2) is 6.70. The van der Waals surface area contributed by atoms with Gasteiger partial charge >= 0.3 is 0 Å². The van der Waals surface area contributed by atoms with Crippen molar-refractivity contribution in [1.82, 2.24) is 19.8 Å². The van der Waals surface area contributed by atoms with Gasteiger partial charge in [-0.3, -0.25) is 4.79 Å². The number of likely N-dealkylation sites (tertiary alicyclic amines) is 1. The van der Waals surface area contributed by atoms with Crippen LogP contribution in [0.2, 0.25) is 0 Å². The molecule has 1 N–H and O–H groups in total. The number of carbonyl (C=O) groups excluding carboxylic acids is 1. The molecule has 0 saturated carbocycles. The van der Waals surface area contributed by atoms with Crippen LogP contribution in [0.15, 0.2) is 12.4 Å². The van der Waals surface area contributed by atoms with Gasteiger partial charge in [-0.1, -0.05) is 13.8 Å². The van der Waals surface area contributed by atoms with E-state index in [-0.39, 0.29) is 5.91 Å². The third-order valence-corrected chi connectivity index (χ3v) is 3.48. The lowest BCUT2D eigenvalue weighted by molar-refractivity contribution is -0.132. The summed E-state index contributed by atoms with van der Waals surface area (Å²) in [5.41, 5.74) is 0. The van der Waals surface area contributed by atoms with Crippen molar-refractivity contribution in [1.29, 1.82) is 0 Å². The molecule has 19 heavy (non-hydrogen) atoms. The lowest BCUT2D eigenvalue weighted by Gasteiger charge is -2.27. The van der Waals surface area contributed by atoms with E-state index in [0.29, 0.717) is 19.1 Å². The minimum Gasteiger partial charge on any atom is -0.341 e. The average Bonchev–Trinajstić information content (AvgIpc) is 2.84. The minimum absolute atomic E-state index is 0.212. The maximum absolute atomic E-state index is 12.2. The molecule has 1 aromatic rings. The number of carbonyl (C=O) groups is 1. The van der Waals surface area contributed by atoms with Gasteiger partial charge < -0.3 is 14.8 Å². The third kappa shape index (κ3) is 4.06. The highest BCUT2D eigenvalue weighted by molar-refractivity contribution is 5.76. The van der Waals surface area contributed by atoms with Crippen molar-refractivity contribution < 1.29 is 4.79 Å². The maximum Gasteiger partial charge on any atom is 0.242 e. The van der Waals surface area contributed by atoms with Crippen LogP contribution in [0.5, 0.6) is 0 Å². The molecule has 0 unspecified atom stereocenters. The van der Waals surface area contributed by atoms with Crippen LogP contribution in [0, 0.1) is 0 Å². The number of rotatable bonds is 5. The molecule has 1 aliphatic rings. The molecule has 5 heteroatoms. The number of nitrogens with zero attached hydrogens (tertiary/aromatic N) is 3. The Bertz CT molecular complexity index is 407. The number of hydrogen-bond donors (Lipinski definition) is 1. The second-order valence-electron chi connectivity index (χ2n) is 5.45. The maximum atomic E-state index is 12.2. The summed E-state index contributed by atoms with van der Waals surface area (Å²) in [6.45, 7) is 7.14. The highest BCUT2D eigenvalue weighted by atomic mass is 16.2. The van der Waals surface area contributed by atoms with Gasteiger partial charge in [-0.2, -0.15) is 0 Å². The van der Waals surface area contributed by atoms with Crippen molar-refractivity contribution in [2.75, 3.05) is 13.1 Å². The lowest BCUT2D eigenvalue weighted by Crippen LogP contribution is -2.38. The molecular formula is C14H24N4O. The molecule has 5 nitrogen and oxygen atoms in total. The summed E-state index contributed by atoms with van der Waals surface area (Å²) >= 11 is 0. The topological polar surface area (TPSA) is 50.2 Å². The van der Waals surface area contributed by atoms with Crippen LogP contribution in [0.4, 0.5) is 0 Å². The van der Waals surface area contributed by atoms with Crippen molar-refractivity contribution in [3.63, 3.8) is 0 Å². The van der Waals surface area contributed by atoms with E-state index in [4.69, 9.17) is 0 Å². The molecule has 0 atom stereocenters. The van der Waals surface area contributed by atoms with Crippen LogP contribution >= 0.6 is 0 Å². The van der Waals surface area contributed by atoms with E-state index in [2.05, 4.69) is 24.1 Å². The molecule has 106 valence electrons. The quantitative estimate of drug-likeness (QED) is 0.874. The SMILES string of the molecule is CC(C)NCc1nccn1CC(=O)N1CCCCC1. The van der Waals surface area contributed by atoms with Gasteiger partial charge in [0.2, 0.25) is 5.91 Å². The number of amides is 1. The van der Waals surface area contributed by atoms with Crippen LogP contribution in [-0.2, 0) is 17.9 Å². The number of hydrogen-bond acceptors (Lipinski definition) is 3. The van der Waals surface area contributed by atoms with Crippen molar-refractivity contribution >= 4 is 5.91 Å². The molecule has 0 radical (unpaired) electrons. The molecule has 1 saturated heterocycles. The fourth-order valence-electron chi connectivity index (χ4n) is 2.34. The number of nitrogens with one attached hydrogen (secondary N) is 1. The Morgan fingerprint density at radius 3 is 2.79 bits per heavy atom. The molecule has 1 aliphatic heterocycles. The van der Waals surface area contributed by atoms with E-state index >= 15 is 0 Å². The predicted octanol–water partition coefficient (Wildman–Crippen LogP) is 1.39. The molecule has 2 rings (SSSR count). The Morgan fingerprint density at radius 1 is 1.37 bits per heavy atom. The summed E-state index contributed by atoms with van der Waals surface area (Å²) in [6, 6.07) is 0.419. The van der Waals surface area contributed by atoms with E-state index in [0.717, 1.165) is 31.8 Å². The highest BCUT2D eigenvalue weighted by Gasteiger charge is 2.17. The normalized spacial score (nSPS) is 16.1. The molecule has 1 fully saturated rings. The molecule has 2 heterocycles. The van der Waals surface area contributed by atoms with Crippen LogP contribution in [-0.4, -0.2) is 39.5 Å². The van der Waals surface area contributed by atoms with Gasteiger partial charge in [0.1, 0.15) is 12.4 Å². The largest absolute Gasteiger partial charge is 0.341 e. The molecule has 0 aromatic carbocycles. The summed E-state index contributed by atoms with van der Waals surface area (Å²) in [7, 11) is 0. The number of aromatic nitrogens is 2. The van der Waals surface area contributed by atoms with Crippen molar-refractivity contribution in [2.24, 2.45) is 0 Å². The average molecular weight is 264 g/mol. The second-order valence-corrected chi connectivity index (χ2v) is 5.45.